The molecule has 0 saturated carbocycles. The number of amides is 1. The zero-order valence-electron chi connectivity index (χ0n) is 10.9. The highest BCUT2D eigenvalue weighted by Gasteiger charge is 2.09. The van der Waals surface area contributed by atoms with Crippen LogP contribution in [0.25, 0.3) is 0 Å². The summed E-state index contributed by atoms with van der Waals surface area (Å²) in [6, 6.07) is 13.5. The molecule has 0 atom stereocenters. The summed E-state index contributed by atoms with van der Waals surface area (Å²) in [5.74, 6) is 0.154. The van der Waals surface area contributed by atoms with Gasteiger partial charge in [0.05, 0.1) is 24.4 Å². The lowest BCUT2D eigenvalue weighted by atomic mass is 10.1. The van der Waals surface area contributed by atoms with Crippen molar-refractivity contribution in [3.63, 3.8) is 0 Å². The van der Waals surface area contributed by atoms with Crippen molar-refractivity contribution in [2.45, 2.75) is 0 Å². The van der Waals surface area contributed by atoms with E-state index in [0.717, 1.165) is 0 Å². The minimum atomic E-state index is -0.293. The quantitative estimate of drug-likeness (QED) is 0.836. The van der Waals surface area contributed by atoms with E-state index in [9.17, 15) is 4.79 Å². The molecule has 0 aliphatic rings. The summed E-state index contributed by atoms with van der Waals surface area (Å²) < 4.78 is 5.07. The third kappa shape index (κ3) is 2.87. The van der Waals surface area contributed by atoms with Crippen molar-refractivity contribution < 1.29 is 9.53 Å². The third-order valence-corrected chi connectivity index (χ3v) is 2.75. The first-order chi connectivity index (χ1) is 9.63. The number of ether oxygens (including phenoxy) is 1. The Balaban J connectivity index is 2.22. The number of methoxy groups -OCH3 is 1. The summed E-state index contributed by atoms with van der Waals surface area (Å²) in [7, 11) is 1.49. The van der Waals surface area contributed by atoms with Crippen LogP contribution in [0.1, 0.15) is 15.9 Å². The first-order valence-corrected chi connectivity index (χ1v) is 5.89. The molecule has 0 radical (unpaired) electrons. The average Bonchev–Trinajstić information content (AvgIpc) is 2.47. The van der Waals surface area contributed by atoms with E-state index in [-0.39, 0.29) is 5.91 Å². The summed E-state index contributed by atoms with van der Waals surface area (Å²) in [4.78, 5) is 12.1. The Hall–Kier alpha value is -3.00. The molecule has 0 saturated heterocycles. The number of hydrogen-bond donors (Lipinski definition) is 2. The topological polar surface area (TPSA) is 88.1 Å². The van der Waals surface area contributed by atoms with Gasteiger partial charge in [0.2, 0.25) is 0 Å². The van der Waals surface area contributed by atoms with Crippen molar-refractivity contribution in [3.8, 4) is 11.8 Å². The van der Waals surface area contributed by atoms with Gasteiger partial charge in [-0.25, -0.2) is 0 Å². The van der Waals surface area contributed by atoms with Gasteiger partial charge in [-0.3, -0.25) is 4.79 Å². The molecule has 2 aromatic carbocycles. The Morgan fingerprint density at radius 1 is 1.30 bits per heavy atom. The van der Waals surface area contributed by atoms with Crippen molar-refractivity contribution in [2.24, 2.45) is 0 Å². The molecule has 0 fully saturated rings. The molecule has 0 aromatic heterocycles. The molecule has 5 heteroatoms. The largest absolute Gasteiger partial charge is 0.495 e. The molecule has 0 unspecified atom stereocenters. The molecule has 0 aliphatic heterocycles. The second-order valence-corrected chi connectivity index (χ2v) is 4.10. The predicted molar refractivity (Wildman–Crippen MR) is 76.5 cm³/mol. The minimum absolute atomic E-state index is 0.293. The van der Waals surface area contributed by atoms with Crippen molar-refractivity contribution in [3.05, 3.63) is 53.6 Å². The molecule has 2 rings (SSSR count). The fourth-order valence-electron chi connectivity index (χ4n) is 1.72. The summed E-state index contributed by atoms with van der Waals surface area (Å²) in [6.07, 6.45) is 0. The molecule has 2 aromatic rings. The van der Waals surface area contributed by atoms with E-state index < -0.39 is 0 Å². The van der Waals surface area contributed by atoms with E-state index in [1.54, 1.807) is 42.5 Å². The van der Waals surface area contributed by atoms with Gasteiger partial charge in [-0.15, -0.1) is 0 Å². The van der Waals surface area contributed by atoms with Crippen LogP contribution in [-0.4, -0.2) is 13.0 Å². The highest BCUT2D eigenvalue weighted by atomic mass is 16.5. The Morgan fingerprint density at radius 3 is 2.80 bits per heavy atom. The Kier molecular flexibility index (Phi) is 3.87. The number of benzene rings is 2. The van der Waals surface area contributed by atoms with Crippen molar-refractivity contribution >= 4 is 17.3 Å². The monoisotopic (exact) mass is 267 g/mol. The summed E-state index contributed by atoms with van der Waals surface area (Å²) >= 11 is 0. The van der Waals surface area contributed by atoms with Crippen LogP contribution in [0.2, 0.25) is 0 Å². The van der Waals surface area contributed by atoms with Gasteiger partial charge in [-0.2, -0.15) is 5.26 Å². The lowest BCUT2D eigenvalue weighted by Gasteiger charge is -2.08. The molecule has 1 amide bonds. The van der Waals surface area contributed by atoms with Gasteiger partial charge in [-0.05, 0) is 36.4 Å². The number of nitrogen functional groups attached to an aromatic ring is 1. The number of carbonyl (C=O) groups excluding carboxylic acids is 1. The molecule has 100 valence electrons. The van der Waals surface area contributed by atoms with Crippen LogP contribution < -0.4 is 15.8 Å². The zero-order valence-corrected chi connectivity index (χ0v) is 10.9. The van der Waals surface area contributed by atoms with Crippen LogP contribution in [0.4, 0.5) is 11.4 Å². The van der Waals surface area contributed by atoms with Crippen molar-refractivity contribution in [1.29, 1.82) is 5.26 Å². The van der Waals surface area contributed by atoms with Crippen LogP contribution in [0.15, 0.2) is 42.5 Å². The van der Waals surface area contributed by atoms with Gasteiger partial charge in [-0.1, -0.05) is 6.07 Å². The predicted octanol–water partition coefficient (Wildman–Crippen LogP) is 2.40. The molecular weight excluding hydrogens is 254 g/mol. The van der Waals surface area contributed by atoms with E-state index >= 15 is 0 Å². The van der Waals surface area contributed by atoms with Crippen molar-refractivity contribution in [2.75, 3.05) is 18.2 Å². The normalized spacial score (nSPS) is 9.60. The number of hydrogen-bond acceptors (Lipinski definition) is 4. The zero-order chi connectivity index (χ0) is 14.5. The van der Waals surface area contributed by atoms with Crippen molar-refractivity contribution in [1.82, 2.24) is 0 Å². The maximum atomic E-state index is 12.1. The fraction of sp³-hybridized carbons (Fsp3) is 0.0667. The first kappa shape index (κ1) is 13.4. The third-order valence-electron chi connectivity index (χ3n) is 2.75. The number of anilines is 2. The van der Waals surface area contributed by atoms with Crippen LogP contribution in [-0.2, 0) is 0 Å². The summed E-state index contributed by atoms with van der Waals surface area (Å²) in [6.45, 7) is 0. The highest BCUT2D eigenvalue weighted by molar-refractivity contribution is 6.04. The smallest absolute Gasteiger partial charge is 0.255 e. The molecule has 0 aliphatic carbocycles. The van der Waals surface area contributed by atoms with Gasteiger partial charge < -0.3 is 15.8 Å². The Bertz CT molecular complexity index is 690. The van der Waals surface area contributed by atoms with Gasteiger partial charge >= 0.3 is 0 Å². The molecule has 5 nitrogen and oxygen atoms in total. The van der Waals surface area contributed by atoms with E-state index in [2.05, 4.69) is 5.32 Å². The molecule has 0 bridgehead atoms. The van der Waals surface area contributed by atoms with E-state index in [1.165, 1.54) is 7.11 Å². The second-order valence-electron chi connectivity index (χ2n) is 4.10. The van der Waals surface area contributed by atoms with Crippen LogP contribution in [0.5, 0.6) is 5.75 Å². The number of nitriles is 1. The Labute approximate surface area is 116 Å². The van der Waals surface area contributed by atoms with Crippen LogP contribution >= 0.6 is 0 Å². The first-order valence-electron chi connectivity index (χ1n) is 5.89. The lowest BCUT2D eigenvalue weighted by Crippen LogP contribution is -2.12. The fourth-order valence-corrected chi connectivity index (χ4v) is 1.72. The second kappa shape index (κ2) is 5.76. The van der Waals surface area contributed by atoms with Gasteiger partial charge in [0, 0.05) is 11.3 Å². The number of rotatable bonds is 3. The SMILES string of the molecule is COc1cc(C(=O)Nc2cccc(C#N)c2)ccc1N. The van der Waals surface area contributed by atoms with E-state index in [0.29, 0.717) is 28.3 Å². The van der Waals surface area contributed by atoms with E-state index in [1.807, 2.05) is 6.07 Å². The molecule has 20 heavy (non-hydrogen) atoms. The number of carbonyl (C=O) groups is 1. The molecule has 0 spiro atoms. The summed E-state index contributed by atoms with van der Waals surface area (Å²) in [5.41, 5.74) is 7.64. The minimum Gasteiger partial charge on any atom is -0.495 e. The van der Waals surface area contributed by atoms with E-state index in [4.69, 9.17) is 15.7 Å². The lowest BCUT2D eigenvalue weighted by molar-refractivity contribution is 0.102. The molecular formula is C15H13N3O2. The maximum absolute atomic E-state index is 12.1. The number of nitrogens with zero attached hydrogens (tertiary/aromatic N) is 1. The molecule has 0 heterocycles. The van der Waals surface area contributed by atoms with Gasteiger partial charge in [0.25, 0.3) is 5.91 Å². The molecule has 3 N–H and O–H groups in total. The number of nitrogens with one attached hydrogen (secondary N) is 1. The van der Waals surface area contributed by atoms with Crippen LogP contribution in [0, 0.1) is 11.3 Å². The Morgan fingerprint density at radius 2 is 2.10 bits per heavy atom. The van der Waals surface area contributed by atoms with Gasteiger partial charge in [0.1, 0.15) is 5.75 Å². The standard InChI is InChI=1S/C15H13N3O2/c1-20-14-8-11(5-6-13(14)17)15(19)18-12-4-2-3-10(7-12)9-16/h2-8H,17H2,1H3,(H,18,19). The maximum Gasteiger partial charge on any atom is 0.255 e. The average molecular weight is 267 g/mol. The highest BCUT2D eigenvalue weighted by Crippen LogP contribution is 2.22. The number of nitrogens with two attached hydrogens (primary N) is 1. The van der Waals surface area contributed by atoms with Crippen LogP contribution in [0.3, 0.4) is 0 Å². The van der Waals surface area contributed by atoms with Gasteiger partial charge in [0.15, 0.2) is 0 Å². The summed E-state index contributed by atoms with van der Waals surface area (Å²) in [5, 5.41) is 11.5.